The van der Waals surface area contributed by atoms with E-state index in [4.69, 9.17) is 5.73 Å². The Balaban J connectivity index is 2.95. The molecule has 2 amide bonds. The van der Waals surface area contributed by atoms with E-state index in [0.29, 0.717) is 19.4 Å². The molecule has 0 heterocycles. The Bertz CT molecular complexity index is 543. The van der Waals surface area contributed by atoms with Crippen molar-refractivity contribution < 1.29 is 9.59 Å². The van der Waals surface area contributed by atoms with Crippen molar-refractivity contribution >= 4 is 11.8 Å². The third-order valence-corrected chi connectivity index (χ3v) is 3.84. The number of rotatable bonds is 9. The summed E-state index contributed by atoms with van der Waals surface area (Å²) in [6.07, 6.45) is 2.65. The van der Waals surface area contributed by atoms with Crippen LogP contribution in [0.5, 0.6) is 0 Å². The van der Waals surface area contributed by atoms with E-state index < -0.39 is 12.1 Å². The number of carbonyl (C=O) groups is 2. The van der Waals surface area contributed by atoms with Gasteiger partial charge in [0.05, 0.1) is 6.04 Å². The van der Waals surface area contributed by atoms with Crippen LogP contribution in [0, 0.1) is 5.92 Å². The van der Waals surface area contributed by atoms with Gasteiger partial charge in [0.15, 0.2) is 0 Å². The van der Waals surface area contributed by atoms with Crippen LogP contribution in [0.25, 0.3) is 0 Å². The molecule has 0 saturated carbocycles. The molecular formula is C19H29N3O2. The lowest BCUT2D eigenvalue weighted by molar-refractivity contribution is -0.141. The number of hydrogen-bond donors (Lipinski definition) is 2. The highest BCUT2D eigenvalue weighted by Gasteiger charge is 2.31. The third kappa shape index (κ3) is 5.81. The van der Waals surface area contributed by atoms with Crippen molar-refractivity contribution in [3.05, 3.63) is 48.6 Å². The Labute approximate surface area is 144 Å². The van der Waals surface area contributed by atoms with Crippen molar-refractivity contribution in [2.24, 2.45) is 11.7 Å². The van der Waals surface area contributed by atoms with E-state index in [2.05, 4.69) is 11.9 Å². The van der Waals surface area contributed by atoms with E-state index in [-0.39, 0.29) is 17.7 Å². The summed E-state index contributed by atoms with van der Waals surface area (Å²) in [5.74, 6) is -0.128. The zero-order valence-electron chi connectivity index (χ0n) is 14.9. The minimum absolute atomic E-state index is 0.175. The van der Waals surface area contributed by atoms with Gasteiger partial charge in [0.25, 0.3) is 0 Å². The lowest BCUT2D eigenvalue weighted by atomic mass is 9.99. The van der Waals surface area contributed by atoms with Crippen LogP contribution >= 0.6 is 0 Å². The van der Waals surface area contributed by atoms with Gasteiger partial charge >= 0.3 is 0 Å². The lowest BCUT2D eigenvalue weighted by Gasteiger charge is -2.32. The Morgan fingerprint density at radius 3 is 2.42 bits per heavy atom. The van der Waals surface area contributed by atoms with Crippen molar-refractivity contribution in [2.75, 3.05) is 13.6 Å². The van der Waals surface area contributed by atoms with Crippen LogP contribution in [0.3, 0.4) is 0 Å². The predicted molar refractivity (Wildman–Crippen MR) is 97.3 cm³/mol. The molecule has 1 aromatic rings. The molecule has 1 rings (SSSR count). The highest BCUT2D eigenvalue weighted by Crippen LogP contribution is 2.15. The summed E-state index contributed by atoms with van der Waals surface area (Å²) in [6, 6.07) is 8.41. The molecule has 0 aromatic heterocycles. The fourth-order valence-electron chi connectivity index (χ4n) is 2.67. The molecule has 132 valence electrons. The summed E-state index contributed by atoms with van der Waals surface area (Å²) in [5.41, 5.74) is 7.13. The summed E-state index contributed by atoms with van der Waals surface area (Å²) in [7, 11) is 1.58. The summed E-state index contributed by atoms with van der Waals surface area (Å²) in [5, 5.41) is 2.64. The molecule has 0 bridgehead atoms. The molecule has 0 radical (unpaired) electrons. The molecule has 0 aliphatic heterocycles. The van der Waals surface area contributed by atoms with E-state index in [0.717, 1.165) is 5.56 Å². The van der Waals surface area contributed by atoms with Crippen molar-refractivity contribution in [3.63, 3.8) is 0 Å². The van der Waals surface area contributed by atoms with Crippen LogP contribution in [0.2, 0.25) is 0 Å². The number of nitrogens with two attached hydrogens (primary N) is 1. The van der Waals surface area contributed by atoms with Crippen molar-refractivity contribution in [1.29, 1.82) is 0 Å². The van der Waals surface area contributed by atoms with Gasteiger partial charge in [-0.3, -0.25) is 9.59 Å². The molecule has 5 nitrogen and oxygen atoms in total. The maximum Gasteiger partial charge on any atom is 0.242 e. The van der Waals surface area contributed by atoms with Crippen LogP contribution in [-0.4, -0.2) is 42.4 Å². The zero-order valence-corrected chi connectivity index (χ0v) is 14.9. The fraction of sp³-hybridized carbons (Fsp3) is 0.474. The number of nitrogens with one attached hydrogen (secondary N) is 1. The zero-order chi connectivity index (χ0) is 18.1. The summed E-state index contributed by atoms with van der Waals surface area (Å²) in [6.45, 7) is 8.05. The number of nitrogens with zero attached hydrogens (tertiary/aromatic N) is 1. The number of amides is 2. The molecule has 1 aromatic carbocycles. The Morgan fingerprint density at radius 2 is 1.92 bits per heavy atom. The molecule has 0 aliphatic rings. The Morgan fingerprint density at radius 1 is 1.29 bits per heavy atom. The van der Waals surface area contributed by atoms with E-state index >= 15 is 0 Å². The maximum absolute atomic E-state index is 12.9. The van der Waals surface area contributed by atoms with E-state index in [9.17, 15) is 9.59 Å². The number of hydrogen-bond acceptors (Lipinski definition) is 3. The molecule has 3 N–H and O–H groups in total. The van der Waals surface area contributed by atoms with Gasteiger partial charge in [-0.05, 0) is 24.3 Å². The van der Waals surface area contributed by atoms with Crippen LogP contribution in [0.4, 0.5) is 0 Å². The van der Waals surface area contributed by atoms with Crippen LogP contribution in [0.1, 0.15) is 25.8 Å². The Kier molecular flexibility index (Phi) is 8.19. The maximum atomic E-state index is 12.9. The van der Waals surface area contributed by atoms with E-state index in [1.54, 1.807) is 18.0 Å². The number of carbonyl (C=O) groups excluding carboxylic acids is 2. The average Bonchev–Trinajstić information content (AvgIpc) is 2.57. The highest BCUT2D eigenvalue weighted by atomic mass is 16.2. The van der Waals surface area contributed by atoms with Gasteiger partial charge < -0.3 is 16.0 Å². The SMILES string of the molecule is C=CCN(C(=O)[C@@H](N)Cc1ccccc1)[C@@H](CC(C)C)C(=O)NC. The van der Waals surface area contributed by atoms with Crippen LogP contribution in [-0.2, 0) is 16.0 Å². The average molecular weight is 331 g/mol. The second-order valence-electron chi connectivity index (χ2n) is 6.34. The van der Waals surface area contributed by atoms with Gasteiger partial charge in [-0.15, -0.1) is 6.58 Å². The molecular weight excluding hydrogens is 302 g/mol. The Hall–Kier alpha value is -2.14. The van der Waals surface area contributed by atoms with Gasteiger partial charge in [0, 0.05) is 13.6 Å². The van der Waals surface area contributed by atoms with Gasteiger partial charge in [-0.2, -0.15) is 0 Å². The lowest BCUT2D eigenvalue weighted by Crippen LogP contribution is -2.54. The second-order valence-corrected chi connectivity index (χ2v) is 6.34. The standard InChI is InChI=1S/C19H29N3O2/c1-5-11-22(17(12-14(2)3)18(23)21-4)19(24)16(20)13-15-9-7-6-8-10-15/h5-10,14,16-17H,1,11-13,20H2,2-4H3,(H,21,23)/t16-,17-/m0/s1. The van der Waals surface area contributed by atoms with Crippen molar-refractivity contribution in [2.45, 2.75) is 38.8 Å². The smallest absolute Gasteiger partial charge is 0.242 e. The summed E-state index contributed by atoms with van der Waals surface area (Å²) < 4.78 is 0. The predicted octanol–water partition coefficient (Wildman–Crippen LogP) is 1.73. The third-order valence-electron chi connectivity index (χ3n) is 3.84. The first kappa shape index (κ1) is 19.9. The van der Waals surface area contributed by atoms with E-state index in [1.807, 2.05) is 44.2 Å². The molecule has 0 saturated heterocycles. The van der Waals surface area contributed by atoms with Gasteiger partial charge in [-0.1, -0.05) is 50.3 Å². The van der Waals surface area contributed by atoms with Crippen LogP contribution < -0.4 is 11.1 Å². The first-order valence-corrected chi connectivity index (χ1v) is 8.33. The van der Waals surface area contributed by atoms with Crippen molar-refractivity contribution in [3.8, 4) is 0 Å². The highest BCUT2D eigenvalue weighted by molar-refractivity contribution is 5.90. The normalized spacial score (nSPS) is 13.2. The van der Waals surface area contributed by atoms with E-state index in [1.165, 1.54) is 0 Å². The minimum Gasteiger partial charge on any atom is -0.357 e. The number of likely N-dealkylation sites (N-methyl/N-ethyl adjacent to an activating group) is 1. The quantitative estimate of drug-likeness (QED) is 0.677. The van der Waals surface area contributed by atoms with Crippen LogP contribution in [0.15, 0.2) is 43.0 Å². The van der Waals surface area contributed by atoms with Crippen molar-refractivity contribution in [1.82, 2.24) is 10.2 Å². The second kappa shape index (κ2) is 9.88. The molecule has 0 aliphatic carbocycles. The first-order valence-electron chi connectivity index (χ1n) is 8.33. The largest absolute Gasteiger partial charge is 0.357 e. The summed E-state index contributed by atoms with van der Waals surface area (Å²) in [4.78, 5) is 26.7. The molecule has 0 fully saturated rings. The van der Waals surface area contributed by atoms with Gasteiger partial charge in [0.2, 0.25) is 11.8 Å². The topological polar surface area (TPSA) is 75.4 Å². The molecule has 24 heavy (non-hydrogen) atoms. The monoisotopic (exact) mass is 331 g/mol. The minimum atomic E-state index is -0.688. The molecule has 2 atom stereocenters. The fourth-order valence-corrected chi connectivity index (χ4v) is 2.67. The van der Waals surface area contributed by atoms with Gasteiger partial charge in [0.1, 0.15) is 6.04 Å². The first-order chi connectivity index (χ1) is 11.4. The summed E-state index contributed by atoms with van der Waals surface area (Å²) >= 11 is 0. The van der Waals surface area contributed by atoms with Gasteiger partial charge in [-0.25, -0.2) is 0 Å². The molecule has 0 unspecified atom stereocenters. The number of benzene rings is 1. The molecule has 0 spiro atoms. The molecule has 5 heteroatoms.